The zero-order chi connectivity index (χ0) is 29.6. The summed E-state index contributed by atoms with van der Waals surface area (Å²) >= 11 is 0. The first-order chi connectivity index (χ1) is 20.3. The molecule has 0 radical (unpaired) electrons. The highest BCUT2D eigenvalue weighted by Crippen LogP contribution is 2.41. The van der Waals surface area contributed by atoms with Crippen molar-refractivity contribution in [2.24, 2.45) is 5.92 Å². The molecule has 5 rings (SSSR count). The van der Waals surface area contributed by atoms with Gasteiger partial charge in [-0.25, -0.2) is 0 Å². The van der Waals surface area contributed by atoms with Crippen LogP contribution in [0.4, 0.5) is 0 Å². The van der Waals surface area contributed by atoms with Crippen LogP contribution >= 0.6 is 0 Å². The number of amides is 3. The number of hydrogen-bond acceptors (Lipinski definition) is 7. The van der Waals surface area contributed by atoms with Crippen LogP contribution in [-0.2, 0) is 16.1 Å². The lowest BCUT2D eigenvalue weighted by molar-refractivity contribution is -0.136. The maximum absolute atomic E-state index is 13.3. The zero-order valence-corrected chi connectivity index (χ0v) is 24.9. The Balaban J connectivity index is 1.48. The SMILES string of the molecule is COc1ccc2cc1-c1cc3c(c(c1)OCCCN(C(=O)C1CNC(=O)C1)CCCCNC2=O)OCCN(C(C)C)C3. The number of rotatable bonds is 3. The average Bonchev–Trinajstić information content (AvgIpc) is 3.30. The van der Waals surface area contributed by atoms with E-state index >= 15 is 0 Å². The Labute approximate surface area is 247 Å². The monoisotopic (exact) mass is 578 g/mol. The molecule has 2 aromatic rings. The molecule has 1 atom stereocenters. The lowest BCUT2D eigenvalue weighted by Crippen LogP contribution is -2.39. The average molecular weight is 579 g/mol. The highest BCUT2D eigenvalue weighted by atomic mass is 16.5. The lowest BCUT2D eigenvalue weighted by atomic mass is 9.98. The molecule has 3 aliphatic heterocycles. The Morgan fingerprint density at radius 2 is 1.81 bits per heavy atom. The highest BCUT2D eigenvalue weighted by molar-refractivity contribution is 5.96. The number of nitrogens with zero attached hydrogens (tertiary/aromatic N) is 2. The number of carbonyl (C=O) groups excluding carboxylic acids is 3. The molecule has 0 saturated carbocycles. The topological polar surface area (TPSA) is 109 Å². The quantitative estimate of drug-likeness (QED) is 0.576. The third-order valence-corrected chi connectivity index (χ3v) is 8.24. The summed E-state index contributed by atoms with van der Waals surface area (Å²) in [5.41, 5.74) is 3.24. The second-order valence-corrected chi connectivity index (χ2v) is 11.5. The van der Waals surface area contributed by atoms with Gasteiger partial charge in [-0.15, -0.1) is 0 Å². The first-order valence-corrected chi connectivity index (χ1v) is 15.0. The van der Waals surface area contributed by atoms with E-state index in [1.807, 2.05) is 23.1 Å². The summed E-state index contributed by atoms with van der Waals surface area (Å²) < 4.78 is 18.4. The largest absolute Gasteiger partial charge is 0.496 e. The number of benzene rings is 2. The van der Waals surface area contributed by atoms with Crippen molar-refractivity contribution >= 4 is 17.7 Å². The molecule has 4 bridgehead atoms. The maximum atomic E-state index is 13.3. The van der Waals surface area contributed by atoms with Crippen molar-refractivity contribution in [2.75, 3.05) is 53.0 Å². The number of carbonyl (C=O) groups is 3. The molecule has 3 amide bonds. The highest BCUT2D eigenvalue weighted by Gasteiger charge is 2.31. The van der Waals surface area contributed by atoms with E-state index < -0.39 is 0 Å². The minimum absolute atomic E-state index is 0.00796. The van der Waals surface area contributed by atoms with Gasteiger partial charge in [0, 0.05) is 68.4 Å². The molecule has 1 saturated heterocycles. The summed E-state index contributed by atoms with van der Waals surface area (Å²) in [6.45, 7) is 8.77. The summed E-state index contributed by atoms with van der Waals surface area (Å²) in [4.78, 5) is 42.4. The minimum atomic E-state index is -0.335. The van der Waals surface area contributed by atoms with E-state index in [1.165, 1.54) is 0 Å². The van der Waals surface area contributed by atoms with Crippen LogP contribution in [0.15, 0.2) is 30.3 Å². The van der Waals surface area contributed by atoms with E-state index in [1.54, 1.807) is 13.2 Å². The molecule has 10 heteroatoms. The summed E-state index contributed by atoms with van der Waals surface area (Å²) in [5.74, 6) is 1.45. The molecule has 0 aliphatic carbocycles. The summed E-state index contributed by atoms with van der Waals surface area (Å²) in [7, 11) is 1.63. The summed E-state index contributed by atoms with van der Waals surface area (Å²) in [5, 5.41) is 5.79. The van der Waals surface area contributed by atoms with Crippen LogP contribution in [0.3, 0.4) is 0 Å². The van der Waals surface area contributed by atoms with Crippen LogP contribution in [0.1, 0.15) is 55.5 Å². The Hall–Kier alpha value is -3.79. The third kappa shape index (κ3) is 6.81. The van der Waals surface area contributed by atoms with E-state index in [9.17, 15) is 14.4 Å². The van der Waals surface area contributed by atoms with Gasteiger partial charge >= 0.3 is 0 Å². The fraction of sp³-hybridized carbons (Fsp3) is 0.531. The molecule has 0 aromatic heterocycles. The molecule has 1 fully saturated rings. The fourth-order valence-electron chi connectivity index (χ4n) is 5.82. The van der Waals surface area contributed by atoms with Gasteiger partial charge in [0.25, 0.3) is 5.91 Å². The molecule has 42 heavy (non-hydrogen) atoms. The van der Waals surface area contributed by atoms with Gasteiger partial charge in [0.2, 0.25) is 11.8 Å². The van der Waals surface area contributed by atoms with Crippen molar-refractivity contribution in [1.29, 1.82) is 0 Å². The number of methoxy groups -OCH3 is 1. The number of hydrogen-bond donors (Lipinski definition) is 2. The molecule has 2 aromatic carbocycles. The van der Waals surface area contributed by atoms with Gasteiger partial charge in [-0.3, -0.25) is 19.3 Å². The van der Waals surface area contributed by atoms with Crippen LogP contribution in [0.2, 0.25) is 0 Å². The number of ether oxygens (including phenoxy) is 3. The van der Waals surface area contributed by atoms with Crippen LogP contribution in [0.25, 0.3) is 11.1 Å². The van der Waals surface area contributed by atoms with E-state index in [2.05, 4.69) is 35.4 Å². The van der Waals surface area contributed by atoms with Gasteiger partial charge in [-0.05, 0) is 69.0 Å². The zero-order valence-electron chi connectivity index (χ0n) is 24.9. The second kappa shape index (κ2) is 13.5. The normalized spacial score (nSPS) is 20.4. The standard InChI is InChI=1S/C32H42N4O6/c1-21(2)36-12-14-42-30-25(20-36)15-23-17-28(30)41-13-6-11-35(32(39)24-18-29(37)34-19-24)10-5-4-9-33-31(38)22-7-8-27(40-3)26(23)16-22/h7-8,15-17,21,24H,4-6,9-14,18-20H2,1-3H3,(H,33,38)(H,34,37). The minimum Gasteiger partial charge on any atom is -0.496 e. The van der Waals surface area contributed by atoms with Gasteiger partial charge in [0.15, 0.2) is 11.5 Å². The third-order valence-electron chi connectivity index (χ3n) is 8.24. The fourth-order valence-corrected chi connectivity index (χ4v) is 5.82. The maximum Gasteiger partial charge on any atom is 0.251 e. The number of nitrogens with one attached hydrogen (secondary N) is 2. The molecule has 1 unspecified atom stereocenters. The lowest BCUT2D eigenvalue weighted by Gasteiger charge is -2.25. The summed E-state index contributed by atoms with van der Waals surface area (Å²) in [6.07, 6.45) is 2.33. The van der Waals surface area contributed by atoms with Crippen molar-refractivity contribution in [1.82, 2.24) is 20.4 Å². The molecule has 10 nitrogen and oxygen atoms in total. The molecular weight excluding hydrogens is 536 g/mol. The van der Waals surface area contributed by atoms with E-state index in [0.717, 1.165) is 41.8 Å². The van der Waals surface area contributed by atoms with Crippen molar-refractivity contribution in [3.05, 3.63) is 41.5 Å². The van der Waals surface area contributed by atoms with Crippen LogP contribution in [0.5, 0.6) is 17.2 Å². The molecule has 226 valence electrons. The Kier molecular flexibility index (Phi) is 9.51. The Morgan fingerprint density at radius 3 is 2.57 bits per heavy atom. The van der Waals surface area contributed by atoms with Crippen molar-refractivity contribution in [2.45, 2.75) is 52.1 Å². The Bertz CT molecular complexity index is 1310. The molecule has 0 spiro atoms. The van der Waals surface area contributed by atoms with Gasteiger partial charge in [-0.1, -0.05) is 0 Å². The van der Waals surface area contributed by atoms with E-state index in [0.29, 0.717) is 75.5 Å². The summed E-state index contributed by atoms with van der Waals surface area (Å²) in [6, 6.07) is 9.87. The number of fused-ring (bicyclic) bond motifs is 7. The predicted octanol–water partition coefficient (Wildman–Crippen LogP) is 3.22. The molecule has 3 aliphatic rings. The molecule has 3 heterocycles. The van der Waals surface area contributed by atoms with Crippen molar-refractivity contribution in [3.8, 4) is 28.4 Å². The first kappa shape index (κ1) is 29.7. The van der Waals surface area contributed by atoms with Crippen LogP contribution in [0, 0.1) is 5.92 Å². The van der Waals surface area contributed by atoms with Crippen LogP contribution in [-0.4, -0.2) is 86.6 Å². The van der Waals surface area contributed by atoms with E-state index in [4.69, 9.17) is 14.2 Å². The Morgan fingerprint density at radius 1 is 0.976 bits per heavy atom. The van der Waals surface area contributed by atoms with Gasteiger partial charge < -0.3 is 29.7 Å². The van der Waals surface area contributed by atoms with Gasteiger partial charge in [-0.2, -0.15) is 0 Å². The van der Waals surface area contributed by atoms with Gasteiger partial charge in [0.1, 0.15) is 12.4 Å². The van der Waals surface area contributed by atoms with Crippen molar-refractivity contribution in [3.63, 3.8) is 0 Å². The first-order valence-electron chi connectivity index (χ1n) is 15.0. The molecular formula is C32H42N4O6. The predicted molar refractivity (Wildman–Crippen MR) is 159 cm³/mol. The van der Waals surface area contributed by atoms with Gasteiger partial charge in [0.05, 0.1) is 19.6 Å². The smallest absolute Gasteiger partial charge is 0.251 e. The van der Waals surface area contributed by atoms with Crippen molar-refractivity contribution < 1.29 is 28.6 Å². The second-order valence-electron chi connectivity index (χ2n) is 11.5. The van der Waals surface area contributed by atoms with Crippen LogP contribution < -0.4 is 24.8 Å². The molecule has 2 N–H and O–H groups in total. The van der Waals surface area contributed by atoms with E-state index in [-0.39, 0.29) is 30.1 Å².